The third-order valence-electron chi connectivity index (χ3n) is 4.08. The lowest BCUT2D eigenvalue weighted by Crippen LogP contribution is -2.38. The summed E-state index contributed by atoms with van der Waals surface area (Å²) in [6.45, 7) is 2.06. The van der Waals surface area contributed by atoms with Gasteiger partial charge in [0, 0.05) is 30.7 Å². The van der Waals surface area contributed by atoms with Crippen molar-refractivity contribution in [2.24, 2.45) is 0 Å². The van der Waals surface area contributed by atoms with Crippen molar-refractivity contribution in [2.75, 3.05) is 18.0 Å². The highest BCUT2D eigenvalue weighted by atomic mass is 32.1. The van der Waals surface area contributed by atoms with Crippen LogP contribution in [-0.2, 0) is 11.3 Å². The lowest BCUT2D eigenvalue weighted by Gasteiger charge is -2.16. The molecule has 0 spiro atoms. The summed E-state index contributed by atoms with van der Waals surface area (Å²) >= 11 is 1.64. The summed E-state index contributed by atoms with van der Waals surface area (Å²) in [5.41, 5.74) is 1.90. The van der Waals surface area contributed by atoms with Gasteiger partial charge in [-0.15, -0.1) is 11.3 Å². The molecule has 7 heteroatoms. The molecule has 1 aliphatic rings. The van der Waals surface area contributed by atoms with Crippen LogP contribution >= 0.6 is 11.3 Å². The van der Waals surface area contributed by atoms with Gasteiger partial charge >= 0.3 is 0 Å². The van der Waals surface area contributed by atoms with Gasteiger partial charge in [-0.05, 0) is 18.6 Å². The second-order valence-corrected chi connectivity index (χ2v) is 6.55. The molecule has 0 radical (unpaired) electrons. The van der Waals surface area contributed by atoms with E-state index in [1.807, 2.05) is 40.4 Å². The van der Waals surface area contributed by atoms with Crippen LogP contribution in [-0.4, -0.2) is 39.6 Å². The Morgan fingerprint density at radius 1 is 1.35 bits per heavy atom. The van der Waals surface area contributed by atoms with Crippen molar-refractivity contribution >= 4 is 33.4 Å². The highest BCUT2D eigenvalue weighted by Gasteiger charge is 2.25. The van der Waals surface area contributed by atoms with Crippen molar-refractivity contribution in [3.8, 4) is 0 Å². The van der Waals surface area contributed by atoms with Crippen LogP contribution in [0.2, 0.25) is 0 Å². The molecule has 1 saturated heterocycles. The van der Waals surface area contributed by atoms with E-state index in [4.69, 9.17) is 0 Å². The molecule has 6 nitrogen and oxygen atoms in total. The SMILES string of the molecule is O=C(Cn1cnc2ccccc21)NC1CCN(c2nccs2)C1. The quantitative estimate of drug-likeness (QED) is 0.795. The number of anilines is 1. The van der Waals surface area contributed by atoms with Gasteiger partial charge in [-0.3, -0.25) is 4.79 Å². The number of hydrogen-bond donors (Lipinski definition) is 1. The van der Waals surface area contributed by atoms with Gasteiger partial charge in [-0.1, -0.05) is 12.1 Å². The summed E-state index contributed by atoms with van der Waals surface area (Å²) in [4.78, 5) is 23.2. The number of para-hydroxylation sites is 2. The van der Waals surface area contributed by atoms with E-state index in [1.165, 1.54) is 0 Å². The topological polar surface area (TPSA) is 63.1 Å². The van der Waals surface area contributed by atoms with Gasteiger partial charge in [-0.2, -0.15) is 0 Å². The van der Waals surface area contributed by atoms with Crippen LogP contribution in [0.3, 0.4) is 0 Å². The Balaban J connectivity index is 1.37. The third-order valence-corrected chi connectivity index (χ3v) is 4.92. The Morgan fingerprint density at radius 3 is 3.13 bits per heavy atom. The van der Waals surface area contributed by atoms with Crippen LogP contribution in [0.1, 0.15) is 6.42 Å². The number of thiazole rings is 1. The number of aromatic nitrogens is 3. The van der Waals surface area contributed by atoms with Crippen LogP contribution in [0.4, 0.5) is 5.13 Å². The van der Waals surface area contributed by atoms with Crippen LogP contribution < -0.4 is 10.2 Å². The Morgan fingerprint density at radius 2 is 2.26 bits per heavy atom. The monoisotopic (exact) mass is 327 g/mol. The largest absolute Gasteiger partial charge is 0.350 e. The first kappa shape index (κ1) is 14.2. The Hall–Kier alpha value is -2.41. The summed E-state index contributed by atoms with van der Waals surface area (Å²) < 4.78 is 1.89. The summed E-state index contributed by atoms with van der Waals surface area (Å²) in [5.74, 6) is 0.0270. The van der Waals surface area contributed by atoms with Gasteiger partial charge in [0.1, 0.15) is 6.54 Å². The summed E-state index contributed by atoms with van der Waals surface area (Å²) in [5, 5.41) is 6.13. The lowest BCUT2D eigenvalue weighted by molar-refractivity contribution is -0.122. The molecule has 3 aromatic rings. The minimum absolute atomic E-state index is 0.0270. The molecular formula is C16H17N5OS. The lowest BCUT2D eigenvalue weighted by atomic mass is 10.2. The third kappa shape index (κ3) is 2.92. The number of nitrogens with one attached hydrogen (secondary N) is 1. The zero-order valence-corrected chi connectivity index (χ0v) is 13.4. The normalized spacial score (nSPS) is 17.7. The number of hydrogen-bond acceptors (Lipinski definition) is 5. The summed E-state index contributed by atoms with van der Waals surface area (Å²) in [6, 6.07) is 8.02. The predicted octanol–water partition coefficient (Wildman–Crippen LogP) is 1.89. The van der Waals surface area contributed by atoms with Gasteiger partial charge in [-0.25, -0.2) is 9.97 Å². The number of nitrogens with zero attached hydrogens (tertiary/aromatic N) is 4. The molecule has 1 atom stereocenters. The maximum absolute atomic E-state index is 12.3. The van der Waals surface area contributed by atoms with E-state index < -0.39 is 0 Å². The van der Waals surface area contributed by atoms with E-state index in [9.17, 15) is 4.79 Å². The highest BCUT2D eigenvalue weighted by Crippen LogP contribution is 2.22. The minimum Gasteiger partial charge on any atom is -0.350 e. The maximum Gasteiger partial charge on any atom is 0.240 e. The highest BCUT2D eigenvalue weighted by molar-refractivity contribution is 7.13. The van der Waals surface area contributed by atoms with Crippen molar-refractivity contribution in [2.45, 2.75) is 19.0 Å². The number of carbonyl (C=O) groups excluding carboxylic acids is 1. The molecule has 1 amide bonds. The molecule has 23 heavy (non-hydrogen) atoms. The fraction of sp³-hybridized carbons (Fsp3) is 0.312. The Labute approximate surface area is 137 Å². The van der Waals surface area contributed by atoms with E-state index in [0.29, 0.717) is 6.54 Å². The second kappa shape index (κ2) is 6.00. The first-order valence-corrected chi connectivity index (χ1v) is 8.51. The fourth-order valence-electron chi connectivity index (χ4n) is 2.99. The summed E-state index contributed by atoms with van der Waals surface area (Å²) in [6.07, 6.45) is 4.49. The second-order valence-electron chi connectivity index (χ2n) is 5.67. The molecule has 0 saturated carbocycles. The van der Waals surface area contributed by atoms with E-state index in [1.54, 1.807) is 17.7 Å². The number of rotatable bonds is 4. The Kier molecular flexibility index (Phi) is 3.70. The zero-order chi connectivity index (χ0) is 15.6. The van der Waals surface area contributed by atoms with Crippen molar-refractivity contribution in [1.82, 2.24) is 19.9 Å². The van der Waals surface area contributed by atoms with Gasteiger partial charge in [0.05, 0.1) is 17.4 Å². The van der Waals surface area contributed by atoms with Gasteiger partial charge in [0.25, 0.3) is 0 Å². The number of amides is 1. The summed E-state index contributed by atoms with van der Waals surface area (Å²) in [7, 11) is 0. The Bertz CT molecular complexity index is 813. The zero-order valence-electron chi connectivity index (χ0n) is 12.6. The molecule has 0 aliphatic carbocycles. The van der Waals surface area contributed by atoms with Gasteiger partial charge < -0.3 is 14.8 Å². The van der Waals surface area contributed by atoms with Crippen LogP contribution in [0.25, 0.3) is 11.0 Å². The van der Waals surface area contributed by atoms with Crippen LogP contribution in [0.15, 0.2) is 42.2 Å². The van der Waals surface area contributed by atoms with Crippen molar-refractivity contribution in [3.05, 3.63) is 42.2 Å². The molecule has 1 N–H and O–H groups in total. The van der Waals surface area contributed by atoms with E-state index in [0.717, 1.165) is 35.7 Å². The molecule has 1 aromatic carbocycles. The molecule has 2 aromatic heterocycles. The predicted molar refractivity (Wildman–Crippen MR) is 90.6 cm³/mol. The molecule has 4 rings (SSSR count). The van der Waals surface area contributed by atoms with Crippen LogP contribution in [0, 0.1) is 0 Å². The number of benzene rings is 1. The van der Waals surface area contributed by atoms with Crippen molar-refractivity contribution in [3.63, 3.8) is 0 Å². The molecule has 0 bridgehead atoms. The van der Waals surface area contributed by atoms with Crippen LogP contribution in [0.5, 0.6) is 0 Å². The maximum atomic E-state index is 12.3. The molecule has 118 valence electrons. The molecular weight excluding hydrogens is 310 g/mol. The number of imidazole rings is 1. The molecule has 1 aliphatic heterocycles. The van der Waals surface area contributed by atoms with Gasteiger partial charge in [0.2, 0.25) is 5.91 Å². The van der Waals surface area contributed by atoms with Gasteiger partial charge in [0.15, 0.2) is 5.13 Å². The number of fused-ring (bicyclic) bond motifs is 1. The average molecular weight is 327 g/mol. The van der Waals surface area contributed by atoms with E-state index >= 15 is 0 Å². The van der Waals surface area contributed by atoms with E-state index in [2.05, 4.69) is 20.2 Å². The van der Waals surface area contributed by atoms with E-state index in [-0.39, 0.29) is 11.9 Å². The first-order valence-electron chi connectivity index (χ1n) is 7.63. The minimum atomic E-state index is 0.0270. The smallest absolute Gasteiger partial charge is 0.240 e. The average Bonchev–Trinajstić information content (AvgIpc) is 3.27. The molecule has 1 unspecified atom stereocenters. The molecule has 1 fully saturated rings. The standard InChI is InChI=1S/C16H17N5OS/c22-15(10-21-11-18-13-3-1-2-4-14(13)21)19-12-5-7-20(9-12)16-17-6-8-23-16/h1-4,6,8,11-12H,5,7,9-10H2,(H,19,22). The molecule has 3 heterocycles. The fourth-order valence-corrected chi connectivity index (χ4v) is 3.67. The first-order chi connectivity index (χ1) is 11.3. The van der Waals surface area contributed by atoms with Crippen molar-refractivity contribution < 1.29 is 4.79 Å². The number of carbonyl (C=O) groups is 1. The van der Waals surface area contributed by atoms with Crippen molar-refractivity contribution in [1.29, 1.82) is 0 Å².